The molecular formula is C60H92O6. The van der Waals surface area contributed by atoms with Gasteiger partial charge in [-0.25, -0.2) is 0 Å². The molecule has 0 heterocycles. The topological polar surface area (TPSA) is 109 Å². The van der Waals surface area contributed by atoms with Gasteiger partial charge in [-0.2, -0.15) is 0 Å². The molecule has 0 saturated heterocycles. The minimum atomic E-state index is -0.593. The van der Waals surface area contributed by atoms with E-state index in [0.717, 1.165) is 103 Å². The third-order valence-electron chi connectivity index (χ3n) is 25.5. The normalized spacial score (nSPS) is 53.3. The molecule has 0 unspecified atom stereocenters. The molecule has 0 aromatic rings. The van der Waals surface area contributed by atoms with Crippen molar-refractivity contribution >= 4 is 23.1 Å². The second-order valence-corrected chi connectivity index (χ2v) is 29.5. The van der Waals surface area contributed by atoms with Gasteiger partial charge in [0, 0.05) is 36.5 Å². The van der Waals surface area contributed by atoms with Gasteiger partial charge in [0.15, 0.2) is 0 Å². The van der Waals surface area contributed by atoms with Crippen molar-refractivity contribution in [3.63, 3.8) is 0 Å². The van der Waals surface area contributed by atoms with Crippen LogP contribution in [0.15, 0.2) is 23.3 Å². The molecule has 2 N–H and O–H groups in total. The molecule has 0 radical (unpaired) electrons. The van der Waals surface area contributed by atoms with E-state index in [1.165, 1.54) is 0 Å². The Labute approximate surface area is 400 Å². The van der Waals surface area contributed by atoms with E-state index in [2.05, 4.69) is 95.2 Å². The Morgan fingerprint density at radius 1 is 0.455 bits per heavy atom. The number of ketones is 4. The fourth-order valence-corrected chi connectivity index (χ4v) is 20.6. The summed E-state index contributed by atoms with van der Waals surface area (Å²) in [4.78, 5) is 52.7. The molecule has 66 heavy (non-hydrogen) atoms. The van der Waals surface area contributed by atoms with E-state index in [9.17, 15) is 29.4 Å². The Morgan fingerprint density at radius 3 is 1.14 bits per heavy atom. The van der Waals surface area contributed by atoms with E-state index >= 15 is 0 Å². The average molecular weight is 909 g/mol. The van der Waals surface area contributed by atoms with Crippen molar-refractivity contribution in [3.8, 4) is 0 Å². The minimum absolute atomic E-state index is 0.0223. The predicted molar refractivity (Wildman–Crippen MR) is 263 cm³/mol. The third-order valence-corrected chi connectivity index (χ3v) is 25.5. The molecule has 0 bridgehead atoms. The molecule has 0 aliphatic heterocycles. The van der Waals surface area contributed by atoms with Crippen LogP contribution in [0.2, 0.25) is 0 Å². The van der Waals surface area contributed by atoms with Crippen molar-refractivity contribution in [3.05, 3.63) is 23.3 Å². The van der Waals surface area contributed by atoms with Crippen molar-refractivity contribution in [2.45, 2.75) is 213 Å². The summed E-state index contributed by atoms with van der Waals surface area (Å²) in [5.41, 5.74) is 2.48. The number of allylic oxidation sites excluding steroid dienone is 4. The maximum Gasteiger partial charge on any atom is 0.141 e. The number of fused-ring (bicyclic) bond motifs is 14. The molecule has 10 aliphatic rings. The monoisotopic (exact) mass is 909 g/mol. The van der Waals surface area contributed by atoms with Crippen LogP contribution in [0.25, 0.3) is 0 Å². The first-order valence-electron chi connectivity index (χ1n) is 27.1. The highest BCUT2D eigenvalue weighted by atomic mass is 16.3. The molecule has 10 rings (SSSR count). The number of aliphatic hydroxyl groups excluding tert-OH is 2. The zero-order chi connectivity index (χ0) is 48.5. The lowest BCUT2D eigenvalue weighted by molar-refractivity contribution is -0.191. The van der Waals surface area contributed by atoms with Gasteiger partial charge in [0.25, 0.3) is 0 Å². The first-order valence-corrected chi connectivity index (χ1v) is 27.1. The van der Waals surface area contributed by atoms with E-state index in [1.807, 2.05) is 13.8 Å². The van der Waals surface area contributed by atoms with Crippen LogP contribution in [0.3, 0.4) is 0 Å². The van der Waals surface area contributed by atoms with Crippen LogP contribution < -0.4 is 0 Å². The van der Waals surface area contributed by atoms with Gasteiger partial charge in [0.1, 0.15) is 23.1 Å². The molecule has 0 aromatic carbocycles. The highest BCUT2D eigenvalue weighted by Crippen LogP contribution is 2.77. The van der Waals surface area contributed by atoms with Crippen molar-refractivity contribution in [1.29, 1.82) is 0 Å². The van der Waals surface area contributed by atoms with Gasteiger partial charge in [-0.3, -0.25) is 19.2 Å². The summed E-state index contributed by atoms with van der Waals surface area (Å²) in [6.07, 6.45) is 22.6. The summed E-state index contributed by atoms with van der Waals surface area (Å²) in [5, 5.41) is 20.7. The molecule has 10 aliphatic carbocycles. The molecular weight excluding hydrogens is 817 g/mol. The smallest absolute Gasteiger partial charge is 0.141 e. The first-order chi connectivity index (χ1) is 30.4. The number of carbonyl (C=O) groups is 4. The molecule has 368 valence electrons. The zero-order valence-corrected chi connectivity index (χ0v) is 44.3. The lowest BCUT2D eigenvalue weighted by Crippen LogP contribution is -2.65. The van der Waals surface area contributed by atoms with E-state index in [4.69, 9.17) is 0 Å². The average Bonchev–Trinajstić information content (AvgIpc) is 3.23. The highest BCUT2D eigenvalue weighted by Gasteiger charge is 2.71. The van der Waals surface area contributed by atoms with E-state index < -0.39 is 10.8 Å². The maximum atomic E-state index is 13.4. The van der Waals surface area contributed by atoms with Gasteiger partial charge in [-0.1, -0.05) is 120 Å². The summed E-state index contributed by atoms with van der Waals surface area (Å²) in [6, 6.07) is 0. The van der Waals surface area contributed by atoms with Crippen molar-refractivity contribution in [2.75, 3.05) is 13.2 Å². The van der Waals surface area contributed by atoms with Gasteiger partial charge in [0.05, 0.1) is 24.0 Å². The summed E-state index contributed by atoms with van der Waals surface area (Å²) in [6.45, 7) is 32.7. The Balaban J connectivity index is 0.000000166. The quantitative estimate of drug-likeness (QED) is 0.267. The van der Waals surface area contributed by atoms with Gasteiger partial charge in [-0.15, -0.1) is 0 Å². The Hall–Kier alpha value is -1.92. The number of rotatable bonds is 2. The lowest BCUT2D eigenvalue weighted by atomic mass is 9.33. The summed E-state index contributed by atoms with van der Waals surface area (Å²) in [5.74, 6) is 3.81. The van der Waals surface area contributed by atoms with Crippen molar-refractivity contribution in [1.82, 2.24) is 0 Å². The van der Waals surface area contributed by atoms with E-state index in [-0.39, 0.29) is 90.8 Å². The number of carbonyl (C=O) groups excluding carboxylic acids is 4. The SMILES string of the molecule is CC1(C)CC(=O)[C@]2(C)CC[C@]3(C)C(=CC[C@@H]4[C@@]5(C)CCC(=O)[C@](C)(CO)[C@@H]5CC[C@]43C)[C@@H]2C1.CC1(C)CC(=O)[C@]2(C)CC[C@]3(C)C(=CC[C@@H]4[C@@]5(C)CCC(=O)[C@](C)(CO)[C@@H]5CC[C@]43C)[C@@H]2C1. The number of aliphatic hydroxyl groups is 2. The predicted octanol–water partition coefficient (Wildman–Crippen LogP) is 13.1. The zero-order valence-electron chi connectivity index (χ0n) is 44.3. The van der Waals surface area contributed by atoms with Crippen LogP contribution >= 0.6 is 0 Å². The second-order valence-electron chi connectivity index (χ2n) is 29.5. The van der Waals surface area contributed by atoms with Crippen LogP contribution in [-0.4, -0.2) is 46.6 Å². The molecule has 0 amide bonds. The van der Waals surface area contributed by atoms with Gasteiger partial charge in [0.2, 0.25) is 0 Å². The fraction of sp³-hybridized carbons (Fsp3) is 0.867. The second kappa shape index (κ2) is 14.8. The maximum absolute atomic E-state index is 13.4. The van der Waals surface area contributed by atoms with Crippen LogP contribution in [0.4, 0.5) is 0 Å². The molecule has 0 spiro atoms. The fourth-order valence-electron chi connectivity index (χ4n) is 20.6. The van der Waals surface area contributed by atoms with Gasteiger partial charge < -0.3 is 10.2 Å². The Bertz CT molecular complexity index is 2010. The van der Waals surface area contributed by atoms with Crippen LogP contribution in [0.1, 0.15) is 213 Å². The van der Waals surface area contributed by atoms with Crippen LogP contribution in [-0.2, 0) is 19.2 Å². The van der Waals surface area contributed by atoms with Gasteiger partial charge >= 0.3 is 0 Å². The Kier molecular flexibility index (Phi) is 11.0. The largest absolute Gasteiger partial charge is 0.395 e. The summed E-state index contributed by atoms with van der Waals surface area (Å²) >= 11 is 0. The number of Topliss-reactive ketones (excluding diaryl/α,β-unsaturated/α-hetero) is 4. The Morgan fingerprint density at radius 2 is 0.803 bits per heavy atom. The van der Waals surface area contributed by atoms with Crippen molar-refractivity contribution in [2.24, 2.45) is 100 Å². The molecule has 0 aromatic heterocycles. The first kappa shape index (κ1) is 49.1. The van der Waals surface area contributed by atoms with Crippen LogP contribution in [0.5, 0.6) is 0 Å². The number of hydrogen-bond donors (Lipinski definition) is 2. The standard InChI is InChI=1S/2C30H46O3/c2*1-25(2)16-20-19-8-9-22-27(4)12-11-23(32)28(5,18-31)21(27)10-13-30(22,7)29(19,6)15-14-26(20,3)24(33)17-25/h2*8,20-22,31H,9-18H2,1-7H3/t2*20-,21+,22+,26+,27-,28+,29+,30+/m00/s1. The summed E-state index contributed by atoms with van der Waals surface area (Å²) in [7, 11) is 0. The minimum Gasteiger partial charge on any atom is -0.395 e. The molecule has 16 atom stereocenters. The van der Waals surface area contributed by atoms with Gasteiger partial charge in [-0.05, 0) is 169 Å². The van der Waals surface area contributed by atoms with E-state index in [1.54, 1.807) is 11.1 Å². The molecule has 6 heteroatoms. The third kappa shape index (κ3) is 6.15. The molecule has 8 fully saturated rings. The molecule has 6 nitrogen and oxygen atoms in total. The molecule has 8 saturated carbocycles. The van der Waals surface area contributed by atoms with Crippen molar-refractivity contribution < 1.29 is 29.4 Å². The highest BCUT2D eigenvalue weighted by molar-refractivity contribution is 5.88. The van der Waals surface area contributed by atoms with Crippen LogP contribution in [0, 0.1) is 100 Å². The van der Waals surface area contributed by atoms with E-state index in [0.29, 0.717) is 48.1 Å². The summed E-state index contributed by atoms with van der Waals surface area (Å²) < 4.78 is 0. The number of hydrogen-bond acceptors (Lipinski definition) is 6. The lowest BCUT2D eigenvalue weighted by Gasteiger charge is -2.70.